The Morgan fingerprint density at radius 2 is 2.00 bits per heavy atom. The molecule has 0 saturated carbocycles. The fourth-order valence-corrected chi connectivity index (χ4v) is 3.99. The minimum absolute atomic E-state index is 0.0941. The van der Waals surface area contributed by atoms with E-state index in [0.717, 1.165) is 5.76 Å². The highest BCUT2D eigenvalue weighted by atomic mass is 32.2. The fraction of sp³-hybridized carbons (Fsp3) is 0.333. The molecule has 138 valence electrons. The van der Waals surface area contributed by atoms with Crippen molar-refractivity contribution in [3.05, 3.63) is 54.0 Å². The quantitative estimate of drug-likeness (QED) is 0.802. The van der Waals surface area contributed by atoms with Gasteiger partial charge in [0.1, 0.15) is 17.6 Å². The fourth-order valence-electron chi connectivity index (χ4n) is 2.75. The van der Waals surface area contributed by atoms with Gasteiger partial charge in [-0.3, -0.25) is 14.5 Å². The molecule has 0 spiro atoms. The van der Waals surface area contributed by atoms with E-state index < -0.39 is 16.1 Å². The molecule has 1 aliphatic rings. The SMILES string of the molecule is CC(C)[C@H](N=C1NS(=O)(=O)c2ccccc21)C(=O)NCCc1ccco1. The Morgan fingerprint density at radius 3 is 2.69 bits per heavy atom. The van der Waals surface area contributed by atoms with E-state index in [1.54, 1.807) is 30.5 Å². The molecule has 0 unspecified atom stereocenters. The Bertz CT molecular complexity index is 918. The largest absolute Gasteiger partial charge is 0.469 e. The van der Waals surface area contributed by atoms with Crippen molar-refractivity contribution in [2.75, 3.05) is 6.54 Å². The molecule has 1 aliphatic heterocycles. The number of carbonyl (C=O) groups is 1. The maximum atomic E-state index is 12.5. The molecular formula is C18H21N3O4S. The predicted octanol–water partition coefficient (Wildman–Crippen LogP) is 1.70. The summed E-state index contributed by atoms with van der Waals surface area (Å²) in [6.45, 7) is 4.16. The number of nitrogens with one attached hydrogen (secondary N) is 2. The summed E-state index contributed by atoms with van der Waals surface area (Å²) < 4.78 is 32.0. The van der Waals surface area contributed by atoms with Gasteiger partial charge in [0.25, 0.3) is 10.0 Å². The first kappa shape index (κ1) is 18.2. The third-order valence-corrected chi connectivity index (χ3v) is 5.48. The number of rotatable bonds is 6. The average molecular weight is 375 g/mol. The number of nitrogens with zero attached hydrogens (tertiary/aromatic N) is 1. The van der Waals surface area contributed by atoms with Gasteiger partial charge in [-0.1, -0.05) is 26.0 Å². The van der Waals surface area contributed by atoms with Crippen molar-refractivity contribution in [3.63, 3.8) is 0 Å². The van der Waals surface area contributed by atoms with Crippen LogP contribution in [0.15, 0.2) is 57.0 Å². The zero-order valence-electron chi connectivity index (χ0n) is 14.6. The average Bonchev–Trinajstić information content (AvgIpc) is 3.19. The second kappa shape index (κ2) is 7.33. The second-order valence-corrected chi connectivity index (χ2v) is 8.04. The van der Waals surface area contributed by atoms with Crippen molar-refractivity contribution < 1.29 is 17.6 Å². The van der Waals surface area contributed by atoms with Crippen LogP contribution >= 0.6 is 0 Å². The summed E-state index contributed by atoms with van der Waals surface area (Å²) in [6, 6.07) is 9.54. The lowest BCUT2D eigenvalue weighted by Crippen LogP contribution is -2.39. The Labute approximate surface area is 152 Å². The minimum Gasteiger partial charge on any atom is -0.469 e. The molecule has 3 rings (SSSR count). The summed E-state index contributed by atoms with van der Waals surface area (Å²) in [4.78, 5) is 17.1. The van der Waals surface area contributed by atoms with Crippen LogP contribution in [0.1, 0.15) is 25.2 Å². The Morgan fingerprint density at radius 1 is 1.23 bits per heavy atom. The van der Waals surface area contributed by atoms with Gasteiger partial charge in [-0.15, -0.1) is 0 Å². The molecule has 0 aliphatic carbocycles. The van der Waals surface area contributed by atoms with Crippen LogP contribution in [0.3, 0.4) is 0 Å². The molecule has 1 aromatic heterocycles. The number of carbonyl (C=O) groups excluding carboxylic acids is 1. The summed E-state index contributed by atoms with van der Waals surface area (Å²) >= 11 is 0. The molecule has 0 radical (unpaired) electrons. The Kier molecular flexibility index (Phi) is 5.13. The minimum atomic E-state index is -3.62. The van der Waals surface area contributed by atoms with Gasteiger partial charge >= 0.3 is 0 Å². The summed E-state index contributed by atoms with van der Waals surface area (Å²) in [5, 5.41) is 2.84. The van der Waals surface area contributed by atoms with Crippen molar-refractivity contribution in [2.45, 2.75) is 31.2 Å². The van der Waals surface area contributed by atoms with E-state index in [9.17, 15) is 13.2 Å². The summed E-state index contributed by atoms with van der Waals surface area (Å²) in [7, 11) is -3.62. The maximum Gasteiger partial charge on any atom is 0.263 e. The highest BCUT2D eigenvalue weighted by Crippen LogP contribution is 2.23. The van der Waals surface area contributed by atoms with E-state index in [1.807, 2.05) is 19.9 Å². The molecule has 1 atom stereocenters. The van der Waals surface area contributed by atoms with Crippen LogP contribution in [0.2, 0.25) is 0 Å². The van der Waals surface area contributed by atoms with Crippen molar-refractivity contribution in [1.82, 2.24) is 10.0 Å². The lowest BCUT2D eigenvalue weighted by Gasteiger charge is -2.17. The third-order valence-electron chi connectivity index (χ3n) is 4.08. The third kappa shape index (κ3) is 3.80. The van der Waals surface area contributed by atoms with E-state index in [4.69, 9.17) is 4.42 Å². The van der Waals surface area contributed by atoms with Crippen LogP contribution in [0.25, 0.3) is 0 Å². The van der Waals surface area contributed by atoms with E-state index in [1.165, 1.54) is 6.07 Å². The zero-order chi connectivity index (χ0) is 18.7. The molecular weight excluding hydrogens is 354 g/mol. The number of amides is 1. The standard InChI is InChI=1S/C18H21N3O4S/c1-12(2)16(18(22)19-10-9-13-6-5-11-25-13)20-17-14-7-3-4-8-15(14)26(23,24)21-17/h3-8,11-12,16H,9-10H2,1-2H3,(H,19,22)(H,20,21)/t16-/m0/s1. The van der Waals surface area contributed by atoms with Crippen LogP contribution in [0.5, 0.6) is 0 Å². The number of amidine groups is 1. The molecule has 8 heteroatoms. The highest BCUT2D eigenvalue weighted by Gasteiger charge is 2.32. The predicted molar refractivity (Wildman–Crippen MR) is 97.3 cm³/mol. The summed E-state index contributed by atoms with van der Waals surface area (Å²) in [6.07, 6.45) is 2.17. The topological polar surface area (TPSA) is 101 Å². The van der Waals surface area contributed by atoms with Gasteiger partial charge in [0, 0.05) is 18.5 Å². The highest BCUT2D eigenvalue weighted by molar-refractivity contribution is 7.90. The van der Waals surface area contributed by atoms with E-state index >= 15 is 0 Å². The second-order valence-electron chi connectivity index (χ2n) is 6.39. The normalized spacial score (nSPS) is 17.7. The van der Waals surface area contributed by atoms with Gasteiger partial charge in [-0.25, -0.2) is 8.42 Å². The maximum absolute atomic E-state index is 12.5. The number of furan rings is 1. The first-order valence-corrected chi connectivity index (χ1v) is 9.87. The number of benzene rings is 1. The molecule has 2 aromatic rings. The van der Waals surface area contributed by atoms with Gasteiger partial charge in [0.2, 0.25) is 5.91 Å². The number of fused-ring (bicyclic) bond motifs is 1. The molecule has 0 fully saturated rings. The summed E-state index contributed by atoms with van der Waals surface area (Å²) in [5.41, 5.74) is 0.488. The molecule has 0 bridgehead atoms. The van der Waals surface area contributed by atoms with Gasteiger partial charge in [0.05, 0.1) is 11.2 Å². The number of sulfonamides is 1. The van der Waals surface area contributed by atoms with Crippen molar-refractivity contribution >= 4 is 21.8 Å². The van der Waals surface area contributed by atoms with E-state index in [0.29, 0.717) is 18.5 Å². The van der Waals surface area contributed by atoms with Crippen molar-refractivity contribution in [1.29, 1.82) is 0 Å². The van der Waals surface area contributed by atoms with Gasteiger partial charge in [-0.2, -0.15) is 0 Å². The molecule has 1 amide bonds. The first-order valence-electron chi connectivity index (χ1n) is 8.38. The van der Waals surface area contributed by atoms with Crippen molar-refractivity contribution in [2.24, 2.45) is 10.9 Å². The lowest BCUT2D eigenvalue weighted by atomic mass is 10.0. The van der Waals surface area contributed by atoms with E-state index in [-0.39, 0.29) is 22.6 Å². The monoisotopic (exact) mass is 375 g/mol. The molecule has 2 N–H and O–H groups in total. The molecule has 7 nitrogen and oxygen atoms in total. The van der Waals surface area contributed by atoms with Crippen molar-refractivity contribution in [3.8, 4) is 0 Å². The first-order chi connectivity index (χ1) is 12.4. The molecule has 2 heterocycles. The van der Waals surface area contributed by atoms with E-state index in [2.05, 4.69) is 15.0 Å². The molecule has 1 aromatic carbocycles. The van der Waals surface area contributed by atoms with Crippen LogP contribution in [-0.4, -0.2) is 32.7 Å². The van der Waals surface area contributed by atoms with Gasteiger partial charge in [0.15, 0.2) is 0 Å². The van der Waals surface area contributed by atoms with Gasteiger partial charge < -0.3 is 9.73 Å². The zero-order valence-corrected chi connectivity index (χ0v) is 15.4. The molecule has 0 saturated heterocycles. The lowest BCUT2D eigenvalue weighted by molar-refractivity contribution is -0.123. The number of hydrogen-bond acceptors (Lipinski definition) is 5. The van der Waals surface area contributed by atoms with Crippen LogP contribution in [-0.2, 0) is 21.2 Å². The smallest absolute Gasteiger partial charge is 0.263 e. The Balaban J connectivity index is 1.76. The Hall–Kier alpha value is -2.61. The number of hydrogen-bond donors (Lipinski definition) is 2. The van der Waals surface area contributed by atoms with Gasteiger partial charge in [-0.05, 0) is 30.2 Å². The van der Waals surface area contributed by atoms with Crippen LogP contribution in [0.4, 0.5) is 0 Å². The van der Waals surface area contributed by atoms with Crippen LogP contribution in [0, 0.1) is 5.92 Å². The number of aliphatic imine (C=N–C) groups is 1. The van der Waals surface area contributed by atoms with Crippen LogP contribution < -0.4 is 10.0 Å². The molecule has 26 heavy (non-hydrogen) atoms. The summed E-state index contributed by atoms with van der Waals surface area (Å²) in [5.74, 6) is 0.654.